The third-order valence-corrected chi connectivity index (χ3v) is 6.03. The maximum Gasteiger partial charge on any atom is 0.353 e. The maximum absolute atomic E-state index is 12.5. The van der Waals surface area contributed by atoms with Crippen molar-refractivity contribution in [2.24, 2.45) is 7.05 Å². The molecule has 164 valence electrons. The standard InChI is InChI=1S/C22H17ClN8OS/c1-30-12-27-18(19(30)17-10-33-22-26-11-25-20(24)31(17)22)13-4-2-6-15(8-13)28-21(32)29-16-7-3-5-14(23)9-16/h2-12,24H,1H3,(H2,28,29,32)/p+1. The number of nitrogens with zero attached hydrogens (tertiary/aromatic N) is 5. The van der Waals surface area contributed by atoms with Gasteiger partial charge in [0.2, 0.25) is 6.33 Å². The number of benzene rings is 2. The molecule has 3 heterocycles. The third-order valence-electron chi connectivity index (χ3n) is 4.95. The number of imidazole rings is 1. The summed E-state index contributed by atoms with van der Waals surface area (Å²) in [4.78, 5) is 26.2. The van der Waals surface area contributed by atoms with Crippen LogP contribution in [-0.4, -0.2) is 25.6 Å². The predicted molar refractivity (Wildman–Crippen MR) is 129 cm³/mol. The van der Waals surface area contributed by atoms with Crippen molar-refractivity contribution in [3.8, 4) is 22.6 Å². The summed E-state index contributed by atoms with van der Waals surface area (Å²) >= 11 is 7.45. The van der Waals surface area contributed by atoms with Gasteiger partial charge in [0.15, 0.2) is 0 Å². The molecular formula is C22H18ClN8OS+. The molecule has 0 radical (unpaired) electrons. The van der Waals surface area contributed by atoms with Crippen LogP contribution in [0.5, 0.6) is 0 Å². The molecule has 0 saturated carbocycles. The van der Waals surface area contributed by atoms with Gasteiger partial charge >= 0.3 is 12.0 Å². The molecule has 0 unspecified atom stereocenters. The van der Waals surface area contributed by atoms with Crippen LogP contribution in [0.15, 0.2) is 66.6 Å². The Hall–Kier alpha value is -4.02. The number of nitrogen functional groups attached to an aromatic ring is 1. The van der Waals surface area contributed by atoms with Crippen LogP contribution in [0.3, 0.4) is 0 Å². The Morgan fingerprint density at radius 3 is 2.64 bits per heavy atom. The van der Waals surface area contributed by atoms with Gasteiger partial charge in [-0.3, -0.25) is 0 Å². The number of nitrogens with one attached hydrogen (secondary N) is 2. The summed E-state index contributed by atoms with van der Waals surface area (Å²) in [5.74, 6) is 0.344. The number of carbonyl (C=O) groups excluding carboxylic acids is 1. The van der Waals surface area contributed by atoms with Gasteiger partial charge in [0.25, 0.3) is 4.96 Å². The summed E-state index contributed by atoms with van der Waals surface area (Å²) in [5, 5.41) is 8.14. The monoisotopic (exact) mass is 477 g/mol. The minimum absolute atomic E-state index is 0.344. The molecule has 0 bridgehead atoms. The van der Waals surface area contributed by atoms with E-state index < -0.39 is 0 Å². The Morgan fingerprint density at radius 1 is 1.09 bits per heavy atom. The molecule has 0 aliphatic rings. The molecule has 5 rings (SSSR count). The minimum Gasteiger partial charge on any atom is -0.331 e. The van der Waals surface area contributed by atoms with Crippen LogP contribution in [0.2, 0.25) is 5.02 Å². The van der Waals surface area contributed by atoms with E-state index in [9.17, 15) is 4.79 Å². The average molecular weight is 478 g/mol. The van der Waals surface area contributed by atoms with Crippen LogP contribution in [0.4, 0.5) is 22.1 Å². The first-order valence-electron chi connectivity index (χ1n) is 9.85. The van der Waals surface area contributed by atoms with Gasteiger partial charge < -0.3 is 20.9 Å². The second kappa shape index (κ2) is 8.49. The number of halogens is 1. The van der Waals surface area contributed by atoms with Gasteiger partial charge in [-0.25, -0.2) is 9.78 Å². The molecule has 4 N–H and O–H groups in total. The number of rotatable bonds is 4. The van der Waals surface area contributed by atoms with E-state index in [-0.39, 0.29) is 6.03 Å². The fraction of sp³-hybridized carbons (Fsp3) is 0.0455. The van der Waals surface area contributed by atoms with Crippen molar-refractivity contribution in [2.45, 2.75) is 0 Å². The number of urea groups is 1. The number of amides is 2. The molecule has 0 fully saturated rings. The fourth-order valence-corrected chi connectivity index (χ4v) is 4.56. The lowest BCUT2D eigenvalue weighted by Gasteiger charge is -2.10. The Kier molecular flexibility index (Phi) is 5.37. The summed E-state index contributed by atoms with van der Waals surface area (Å²) in [6.07, 6.45) is 3.18. The summed E-state index contributed by atoms with van der Waals surface area (Å²) in [7, 11) is 1.91. The number of carbonyl (C=O) groups is 1. The fourth-order valence-electron chi connectivity index (χ4n) is 3.53. The molecule has 0 aliphatic heterocycles. The average Bonchev–Trinajstić information content (AvgIpc) is 3.38. The van der Waals surface area contributed by atoms with Gasteiger partial charge in [0.1, 0.15) is 11.4 Å². The van der Waals surface area contributed by atoms with Gasteiger partial charge in [-0.1, -0.05) is 51.1 Å². The van der Waals surface area contributed by atoms with E-state index in [0.717, 1.165) is 27.6 Å². The summed E-state index contributed by atoms with van der Waals surface area (Å²) in [6.45, 7) is 0. The Bertz CT molecular complexity index is 1500. The van der Waals surface area contributed by atoms with Gasteiger partial charge in [-0.15, -0.1) is 0 Å². The number of fused-ring (bicyclic) bond motifs is 1. The second-order valence-electron chi connectivity index (χ2n) is 7.19. The zero-order valence-corrected chi connectivity index (χ0v) is 18.9. The lowest BCUT2D eigenvalue weighted by atomic mass is 10.1. The lowest BCUT2D eigenvalue weighted by molar-refractivity contribution is -0.484. The molecular weight excluding hydrogens is 460 g/mol. The van der Waals surface area contributed by atoms with Gasteiger partial charge in [0.05, 0.1) is 12.0 Å². The van der Waals surface area contributed by atoms with Crippen LogP contribution in [0, 0.1) is 0 Å². The van der Waals surface area contributed by atoms with Crippen molar-refractivity contribution < 1.29 is 9.20 Å². The Morgan fingerprint density at radius 2 is 1.85 bits per heavy atom. The zero-order chi connectivity index (χ0) is 22.9. The Labute approximate surface area is 197 Å². The molecule has 9 nitrogen and oxygen atoms in total. The van der Waals surface area contributed by atoms with Crippen molar-refractivity contribution in [3.05, 3.63) is 71.6 Å². The molecule has 0 spiro atoms. The lowest BCUT2D eigenvalue weighted by Crippen LogP contribution is -2.29. The van der Waals surface area contributed by atoms with E-state index in [4.69, 9.17) is 17.3 Å². The quantitative estimate of drug-likeness (QED) is 0.335. The van der Waals surface area contributed by atoms with Crippen LogP contribution in [-0.2, 0) is 7.05 Å². The first-order chi connectivity index (χ1) is 16.0. The van der Waals surface area contributed by atoms with Gasteiger partial charge in [-0.05, 0) is 30.3 Å². The minimum atomic E-state index is -0.375. The normalized spacial score (nSPS) is 11.0. The molecule has 33 heavy (non-hydrogen) atoms. The Balaban J connectivity index is 1.47. The van der Waals surface area contributed by atoms with Crippen molar-refractivity contribution in [1.82, 2.24) is 19.5 Å². The van der Waals surface area contributed by atoms with Crippen molar-refractivity contribution in [3.63, 3.8) is 0 Å². The number of aromatic nitrogens is 5. The summed E-state index contributed by atoms with van der Waals surface area (Å²) < 4.78 is 3.72. The maximum atomic E-state index is 12.5. The zero-order valence-electron chi connectivity index (χ0n) is 17.4. The molecule has 2 aromatic carbocycles. The van der Waals surface area contributed by atoms with Crippen LogP contribution >= 0.6 is 22.9 Å². The van der Waals surface area contributed by atoms with Crippen LogP contribution in [0.25, 0.3) is 27.6 Å². The van der Waals surface area contributed by atoms with Crippen molar-refractivity contribution in [2.75, 3.05) is 16.4 Å². The van der Waals surface area contributed by atoms with Gasteiger partial charge in [0, 0.05) is 34.4 Å². The number of thiazole rings is 1. The predicted octanol–water partition coefficient (Wildman–Crippen LogP) is 4.22. The number of aryl methyl sites for hydroxylation is 1. The number of hydrogen-bond acceptors (Lipinski definition) is 6. The molecule has 2 amide bonds. The van der Waals surface area contributed by atoms with Crippen LogP contribution in [0.1, 0.15) is 0 Å². The number of anilines is 3. The first kappa shape index (κ1) is 20.9. The molecule has 5 aromatic rings. The van der Waals surface area contributed by atoms with E-state index in [2.05, 4.69) is 25.6 Å². The third kappa shape index (κ3) is 4.09. The van der Waals surface area contributed by atoms with E-state index in [1.807, 2.05) is 41.3 Å². The first-order valence-corrected chi connectivity index (χ1v) is 11.1. The van der Waals surface area contributed by atoms with Crippen molar-refractivity contribution >= 4 is 51.3 Å². The molecule has 0 aliphatic carbocycles. The highest BCUT2D eigenvalue weighted by molar-refractivity contribution is 7.14. The smallest absolute Gasteiger partial charge is 0.331 e. The van der Waals surface area contributed by atoms with E-state index in [0.29, 0.717) is 22.3 Å². The largest absolute Gasteiger partial charge is 0.353 e. The highest BCUT2D eigenvalue weighted by Crippen LogP contribution is 2.32. The van der Waals surface area contributed by atoms with Gasteiger partial charge in [-0.2, -0.15) is 4.40 Å². The SMILES string of the molecule is Cn1cnc(-c2cccc(NC(=O)Nc3cccc(Cl)c3)c2)c1-c1csc2ncnc(N)[n+]12. The number of hydrogen-bond donors (Lipinski definition) is 3. The second-order valence-corrected chi connectivity index (χ2v) is 8.47. The number of nitrogens with two attached hydrogens (primary N) is 1. The van der Waals surface area contributed by atoms with E-state index in [1.54, 1.807) is 35.0 Å². The molecule has 0 atom stereocenters. The summed E-state index contributed by atoms with van der Waals surface area (Å²) in [5.41, 5.74) is 10.6. The van der Waals surface area contributed by atoms with E-state index in [1.165, 1.54) is 17.7 Å². The topological polar surface area (TPSA) is 115 Å². The summed E-state index contributed by atoms with van der Waals surface area (Å²) in [6, 6.07) is 14.0. The highest BCUT2D eigenvalue weighted by Gasteiger charge is 2.22. The van der Waals surface area contributed by atoms with Crippen LogP contribution < -0.4 is 20.8 Å². The highest BCUT2D eigenvalue weighted by atomic mass is 35.5. The molecule has 3 aromatic heterocycles. The van der Waals surface area contributed by atoms with E-state index >= 15 is 0 Å². The molecule has 0 saturated heterocycles. The van der Waals surface area contributed by atoms with Crippen molar-refractivity contribution in [1.29, 1.82) is 0 Å². The molecule has 11 heteroatoms.